The smallest absolute Gasteiger partial charge is 0.251 e. The fraction of sp³-hybridized carbons (Fsp3) is 0.227. The number of carbonyl (C=O) groups is 2. The molecule has 0 bridgehead atoms. The summed E-state index contributed by atoms with van der Waals surface area (Å²) in [5.74, 6) is 1.06. The van der Waals surface area contributed by atoms with Crippen LogP contribution in [0.15, 0.2) is 60.9 Å². The van der Waals surface area contributed by atoms with E-state index in [9.17, 15) is 14.7 Å². The summed E-state index contributed by atoms with van der Waals surface area (Å²) in [5.41, 5.74) is 0.924. The predicted octanol–water partition coefficient (Wildman–Crippen LogP) is 2.25. The van der Waals surface area contributed by atoms with E-state index >= 15 is 0 Å². The Bertz CT molecular complexity index is 998. The number of rotatable bonds is 9. The average molecular weight is 408 g/mol. The van der Waals surface area contributed by atoms with Crippen LogP contribution >= 0.6 is 0 Å². The third-order valence-electron chi connectivity index (χ3n) is 4.44. The Kier molecular flexibility index (Phi) is 7.05. The van der Waals surface area contributed by atoms with E-state index in [-0.39, 0.29) is 17.6 Å². The zero-order chi connectivity index (χ0) is 21.3. The molecular weight excluding hydrogens is 384 g/mol. The lowest BCUT2D eigenvalue weighted by Gasteiger charge is -2.09. The molecule has 2 amide bonds. The predicted molar refractivity (Wildman–Crippen MR) is 111 cm³/mol. The summed E-state index contributed by atoms with van der Waals surface area (Å²) in [6.45, 7) is 1.19. The van der Waals surface area contributed by atoms with Gasteiger partial charge in [0.25, 0.3) is 11.8 Å². The van der Waals surface area contributed by atoms with Crippen molar-refractivity contribution >= 4 is 11.8 Å². The largest absolute Gasteiger partial charge is 0.508 e. The summed E-state index contributed by atoms with van der Waals surface area (Å²) < 4.78 is 7.56. The fourth-order valence-corrected chi connectivity index (χ4v) is 2.73. The van der Waals surface area contributed by atoms with Gasteiger partial charge in [-0.15, -0.1) is 0 Å². The molecule has 3 rings (SSSR count). The maximum absolute atomic E-state index is 12.2. The third-order valence-corrected chi connectivity index (χ3v) is 4.44. The molecule has 2 aromatic carbocycles. The van der Waals surface area contributed by atoms with Crippen LogP contribution in [0.4, 0.5) is 0 Å². The molecule has 0 spiro atoms. The van der Waals surface area contributed by atoms with Gasteiger partial charge in [-0.3, -0.25) is 9.59 Å². The molecule has 0 aliphatic heterocycles. The lowest BCUT2D eigenvalue weighted by Crippen LogP contribution is -2.29. The van der Waals surface area contributed by atoms with Crippen LogP contribution in [0.3, 0.4) is 0 Å². The zero-order valence-electron chi connectivity index (χ0n) is 16.7. The first-order valence-electron chi connectivity index (χ1n) is 9.57. The molecular formula is C22H24N4O4. The first-order chi connectivity index (χ1) is 14.5. The summed E-state index contributed by atoms with van der Waals surface area (Å²) >= 11 is 0. The van der Waals surface area contributed by atoms with E-state index in [1.165, 1.54) is 12.1 Å². The molecule has 0 saturated heterocycles. The molecule has 0 aliphatic carbocycles. The van der Waals surface area contributed by atoms with E-state index in [2.05, 4.69) is 15.6 Å². The monoisotopic (exact) mass is 408 g/mol. The Balaban J connectivity index is 1.36. The molecule has 8 nitrogen and oxygen atoms in total. The molecule has 0 saturated carbocycles. The highest BCUT2D eigenvalue weighted by molar-refractivity contribution is 5.95. The third kappa shape index (κ3) is 5.84. The van der Waals surface area contributed by atoms with E-state index < -0.39 is 0 Å². The van der Waals surface area contributed by atoms with E-state index in [1.54, 1.807) is 42.6 Å². The number of amides is 2. The van der Waals surface area contributed by atoms with Gasteiger partial charge in [0.15, 0.2) is 0 Å². The topological polar surface area (TPSA) is 105 Å². The number of imidazole rings is 1. The van der Waals surface area contributed by atoms with Crippen molar-refractivity contribution in [2.24, 2.45) is 7.05 Å². The SMILES string of the molecule is Cn1ccnc1COc1ccc(C(=O)NCCCNC(=O)c2cccc(O)c2)cc1. The number of hydrogen-bond acceptors (Lipinski definition) is 5. The minimum absolute atomic E-state index is 0.0444. The molecule has 156 valence electrons. The van der Waals surface area contributed by atoms with Gasteiger partial charge >= 0.3 is 0 Å². The Morgan fingerprint density at radius 1 is 1.03 bits per heavy atom. The Hall–Kier alpha value is -3.81. The van der Waals surface area contributed by atoms with Gasteiger partial charge in [0.1, 0.15) is 23.9 Å². The summed E-state index contributed by atoms with van der Waals surface area (Å²) in [6.07, 6.45) is 4.15. The average Bonchev–Trinajstić information content (AvgIpc) is 3.16. The van der Waals surface area contributed by atoms with Crippen LogP contribution in [-0.2, 0) is 13.7 Å². The van der Waals surface area contributed by atoms with Crippen LogP contribution in [-0.4, -0.2) is 39.6 Å². The first-order valence-corrected chi connectivity index (χ1v) is 9.57. The molecule has 0 aliphatic rings. The Morgan fingerprint density at radius 2 is 1.73 bits per heavy atom. The number of aromatic nitrogens is 2. The molecule has 0 unspecified atom stereocenters. The number of phenols is 1. The number of nitrogens with one attached hydrogen (secondary N) is 2. The second kappa shape index (κ2) is 10.1. The van der Waals surface area contributed by atoms with Gasteiger partial charge in [-0.1, -0.05) is 6.07 Å². The van der Waals surface area contributed by atoms with Gasteiger partial charge in [-0.25, -0.2) is 4.98 Å². The lowest BCUT2D eigenvalue weighted by molar-refractivity contribution is 0.0951. The number of aromatic hydroxyl groups is 1. The molecule has 3 N–H and O–H groups in total. The van der Waals surface area contributed by atoms with Crippen LogP contribution in [0.2, 0.25) is 0 Å². The van der Waals surface area contributed by atoms with Gasteiger partial charge in [0.05, 0.1) is 0 Å². The molecule has 30 heavy (non-hydrogen) atoms. The van der Waals surface area contributed by atoms with Crippen molar-refractivity contribution in [2.45, 2.75) is 13.0 Å². The van der Waals surface area contributed by atoms with Gasteiger partial charge < -0.3 is 25.0 Å². The normalized spacial score (nSPS) is 10.4. The fourth-order valence-electron chi connectivity index (χ4n) is 2.73. The molecule has 8 heteroatoms. The van der Waals surface area contributed by atoms with Crippen molar-refractivity contribution in [3.8, 4) is 11.5 Å². The van der Waals surface area contributed by atoms with Crippen molar-refractivity contribution in [1.82, 2.24) is 20.2 Å². The van der Waals surface area contributed by atoms with Crippen LogP contribution in [0.25, 0.3) is 0 Å². The number of hydrogen-bond donors (Lipinski definition) is 3. The number of carbonyl (C=O) groups excluding carboxylic acids is 2. The van der Waals surface area contributed by atoms with Crippen molar-refractivity contribution in [3.63, 3.8) is 0 Å². The summed E-state index contributed by atoms with van der Waals surface area (Å²) in [7, 11) is 1.90. The van der Waals surface area contributed by atoms with E-state index in [1.807, 2.05) is 17.8 Å². The van der Waals surface area contributed by atoms with Gasteiger partial charge in [0, 0.05) is 43.7 Å². The van der Waals surface area contributed by atoms with E-state index in [0.29, 0.717) is 43.0 Å². The second-order valence-electron chi connectivity index (χ2n) is 6.68. The maximum atomic E-state index is 12.2. The standard InChI is InChI=1S/C22H24N4O4/c1-26-13-12-23-20(26)15-30-19-8-6-16(7-9-19)21(28)24-10-3-11-25-22(29)17-4-2-5-18(27)14-17/h2,4-9,12-14,27H,3,10-11,15H2,1H3,(H,24,28)(H,25,29). The number of aryl methyl sites for hydroxylation is 1. The van der Waals surface area contributed by atoms with Crippen molar-refractivity contribution < 1.29 is 19.4 Å². The van der Waals surface area contributed by atoms with Crippen molar-refractivity contribution in [1.29, 1.82) is 0 Å². The number of phenolic OH excluding ortho intramolecular Hbond substituents is 1. The van der Waals surface area contributed by atoms with Crippen LogP contribution in [0, 0.1) is 0 Å². The second-order valence-corrected chi connectivity index (χ2v) is 6.68. The molecule has 1 aromatic heterocycles. The van der Waals surface area contributed by atoms with Gasteiger partial charge in [-0.2, -0.15) is 0 Å². The first kappa shape index (κ1) is 20.9. The molecule has 0 fully saturated rings. The van der Waals surface area contributed by atoms with E-state index in [0.717, 1.165) is 5.82 Å². The minimum atomic E-state index is -0.265. The van der Waals surface area contributed by atoms with Crippen LogP contribution < -0.4 is 15.4 Å². The summed E-state index contributed by atoms with van der Waals surface area (Å²) in [6, 6.07) is 13.0. The van der Waals surface area contributed by atoms with Crippen LogP contribution in [0.1, 0.15) is 33.0 Å². The summed E-state index contributed by atoms with van der Waals surface area (Å²) in [4.78, 5) is 28.4. The molecule has 3 aromatic rings. The highest BCUT2D eigenvalue weighted by Gasteiger charge is 2.07. The zero-order valence-corrected chi connectivity index (χ0v) is 16.7. The molecule has 1 heterocycles. The number of ether oxygens (including phenoxy) is 1. The quantitative estimate of drug-likeness (QED) is 0.471. The molecule has 0 atom stereocenters. The summed E-state index contributed by atoms with van der Waals surface area (Å²) in [5, 5.41) is 15.0. The van der Waals surface area contributed by atoms with Crippen molar-refractivity contribution in [2.75, 3.05) is 13.1 Å². The highest BCUT2D eigenvalue weighted by Crippen LogP contribution is 2.14. The van der Waals surface area contributed by atoms with Gasteiger partial charge in [0.2, 0.25) is 0 Å². The minimum Gasteiger partial charge on any atom is -0.508 e. The van der Waals surface area contributed by atoms with E-state index in [4.69, 9.17) is 4.74 Å². The van der Waals surface area contributed by atoms with Crippen LogP contribution in [0.5, 0.6) is 11.5 Å². The number of benzene rings is 2. The Morgan fingerprint density at radius 3 is 2.37 bits per heavy atom. The number of nitrogens with zero attached hydrogens (tertiary/aromatic N) is 2. The van der Waals surface area contributed by atoms with Gasteiger partial charge in [-0.05, 0) is 48.9 Å². The van der Waals surface area contributed by atoms with Crippen molar-refractivity contribution in [3.05, 3.63) is 77.9 Å². The highest BCUT2D eigenvalue weighted by atomic mass is 16.5. The lowest BCUT2D eigenvalue weighted by atomic mass is 10.2. The Labute approximate surface area is 174 Å². The molecule has 0 radical (unpaired) electrons. The maximum Gasteiger partial charge on any atom is 0.251 e.